The highest BCUT2D eigenvalue weighted by atomic mass is 19.4. The monoisotopic (exact) mass is 762 g/mol. The molecule has 2 heterocycles. The van der Waals surface area contributed by atoms with Crippen LogP contribution in [0, 0.1) is 5.41 Å². The zero-order valence-corrected chi connectivity index (χ0v) is 29.1. The lowest BCUT2D eigenvalue weighted by Crippen LogP contribution is -2.59. The van der Waals surface area contributed by atoms with Crippen LogP contribution in [0.15, 0.2) is 41.2 Å². The molecule has 17 heteroatoms. The van der Waals surface area contributed by atoms with Crippen LogP contribution in [-0.2, 0) is 42.1 Å². The van der Waals surface area contributed by atoms with Gasteiger partial charge in [-0.3, -0.25) is 14.5 Å². The highest BCUT2D eigenvalue weighted by molar-refractivity contribution is 5.88. The second kappa shape index (κ2) is 14.6. The van der Waals surface area contributed by atoms with Crippen molar-refractivity contribution in [2.45, 2.75) is 69.0 Å². The fraction of sp³-hybridized carbons (Fsp3) is 0.528. The van der Waals surface area contributed by atoms with Crippen molar-refractivity contribution in [1.82, 2.24) is 19.7 Å². The van der Waals surface area contributed by atoms with Crippen LogP contribution in [0.3, 0.4) is 0 Å². The minimum atomic E-state index is -5.21. The number of likely N-dealkylation sites (tertiary alicyclic amines) is 1. The van der Waals surface area contributed by atoms with Crippen molar-refractivity contribution in [3.63, 3.8) is 0 Å². The first-order valence-corrected chi connectivity index (χ1v) is 16.9. The Hall–Kier alpha value is -4.12. The van der Waals surface area contributed by atoms with Gasteiger partial charge in [-0.25, -0.2) is 4.79 Å². The van der Waals surface area contributed by atoms with Crippen LogP contribution in [0.5, 0.6) is 0 Å². The van der Waals surface area contributed by atoms with Gasteiger partial charge in [-0.05, 0) is 93.7 Å². The number of pyridine rings is 1. The van der Waals surface area contributed by atoms with Gasteiger partial charge in [-0.2, -0.15) is 39.5 Å². The van der Waals surface area contributed by atoms with E-state index in [-0.39, 0.29) is 29.3 Å². The summed E-state index contributed by atoms with van der Waals surface area (Å²) in [6.45, 7) is -2.31. The zero-order chi connectivity index (χ0) is 39.3. The molecule has 1 aliphatic carbocycles. The fourth-order valence-corrected chi connectivity index (χ4v) is 7.68. The standard InChI is InChI=1S/C36H39F9N4O4/c1-47(2)14-11-20-7-10-27-25(17-20)29(35(40,41)42)28(30(50)48(27)3)24-9-8-22-21(5-4-6-23(22)24)18-26(31(51)52)46-32(53)33(36(43,44)45)12-15-49(16-13-33)19-34(37,38)39/h4-7,10,17,24,26H,8-9,11-16,18-19H2,1-3H3,(H,46,53)(H,51,52)/t24-,26+/m1/s1. The number of nitrogens with one attached hydrogen (secondary N) is 1. The molecule has 2 aliphatic rings. The van der Waals surface area contributed by atoms with Gasteiger partial charge in [0.2, 0.25) is 5.91 Å². The van der Waals surface area contributed by atoms with Gasteiger partial charge in [-0.15, -0.1) is 0 Å². The number of aromatic nitrogens is 1. The largest absolute Gasteiger partial charge is 0.480 e. The van der Waals surface area contributed by atoms with E-state index in [0.717, 1.165) is 9.47 Å². The predicted molar refractivity (Wildman–Crippen MR) is 177 cm³/mol. The number of benzene rings is 2. The summed E-state index contributed by atoms with van der Waals surface area (Å²) < 4.78 is 128. The van der Waals surface area contributed by atoms with E-state index in [0.29, 0.717) is 29.7 Å². The molecular formula is C36H39F9N4O4. The summed E-state index contributed by atoms with van der Waals surface area (Å²) in [5.74, 6) is -4.43. The van der Waals surface area contributed by atoms with E-state index in [9.17, 15) is 59.0 Å². The van der Waals surface area contributed by atoms with Crippen LogP contribution in [0.4, 0.5) is 39.5 Å². The lowest BCUT2D eigenvalue weighted by molar-refractivity contribution is -0.236. The number of nitrogens with zero attached hydrogens (tertiary/aromatic N) is 3. The first-order chi connectivity index (χ1) is 24.5. The van der Waals surface area contributed by atoms with Crippen molar-refractivity contribution in [2.75, 3.05) is 40.3 Å². The lowest BCUT2D eigenvalue weighted by Gasteiger charge is -2.42. The van der Waals surface area contributed by atoms with E-state index >= 15 is 0 Å². The number of carbonyl (C=O) groups is 2. The minimum absolute atomic E-state index is 0.0478. The average Bonchev–Trinajstić information content (AvgIpc) is 3.48. The molecule has 0 saturated carbocycles. The Morgan fingerprint density at radius 1 is 1.02 bits per heavy atom. The minimum Gasteiger partial charge on any atom is -0.480 e. The van der Waals surface area contributed by atoms with Gasteiger partial charge in [0.25, 0.3) is 5.56 Å². The molecule has 2 N–H and O–H groups in total. The normalized spacial score (nSPS) is 18.7. The first kappa shape index (κ1) is 40.1. The Morgan fingerprint density at radius 2 is 1.68 bits per heavy atom. The number of likely N-dealkylation sites (N-methyl/N-ethyl adjacent to an activating group) is 1. The van der Waals surface area contributed by atoms with Crippen LogP contribution in [-0.4, -0.2) is 90.0 Å². The van der Waals surface area contributed by atoms with Crippen molar-refractivity contribution in [3.05, 3.63) is 80.1 Å². The smallest absolute Gasteiger partial charge is 0.417 e. The Balaban J connectivity index is 1.48. The molecule has 8 nitrogen and oxygen atoms in total. The maximum atomic E-state index is 15.0. The molecule has 1 fully saturated rings. The van der Waals surface area contributed by atoms with Crippen molar-refractivity contribution < 1.29 is 54.2 Å². The molecule has 1 amide bonds. The van der Waals surface area contributed by atoms with E-state index in [4.69, 9.17) is 0 Å². The molecule has 5 rings (SSSR count). The number of amides is 1. The highest BCUT2D eigenvalue weighted by Gasteiger charge is 2.61. The van der Waals surface area contributed by atoms with Crippen LogP contribution in [0.25, 0.3) is 10.9 Å². The topological polar surface area (TPSA) is 94.9 Å². The highest BCUT2D eigenvalue weighted by Crippen LogP contribution is 2.48. The molecule has 0 bridgehead atoms. The van der Waals surface area contributed by atoms with Gasteiger partial charge in [0, 0.05) is 36.9 Å². The number of halogens is 9. The summed E-state index contributed by atoms with van der Waals surface area (Å²) in [6.07, 6.45) is -16.8. The van der Waals surface area contributed by atoms with Crippen molar-refractivity contribution in [2.24, 2.45) is 12.5 Å². The number of aliphatic carboxylic acids is 1. The Bertz CT molecular complexity index is 1930. The maximum Gasteiger partial charge on any atom is 0.417 e. The lowest BCUT2D eigenvalue weighted by atomic mass is 9.76. The zero-order valence-electron chi connectivity index (χ0n) is 29.1. The summed E-state index contributed by atoms with van der Waals surface area (Å²) in [7, 11) is 5.04. The van der Waals surface area contributed by atoms with Crippen LogP contribution in [0.1, 0.15) is 58.6 Å². The third-order valence-electron chi connectivity index (χ3n) is 10.5. The summed E-state index contributed by atoms with van der Waals surface area (Å²) in [5, 5.41) is 11.8. The van der Waals surface area contributed by atoms with Gasteiger partial charge < -0.3 is 19.9 Å². The predicted octanol–water partition coefficient (Wildman–Crippen LogP) is 6.06. The molecule has 2 atom stereocenters. The number of carboxylic acids is 1. The Kier molecular flexibility index (Phi) is 11.0. The number of hydrogen-bond acceptors (Lipinski definition) is 5. The molecule has 0 unspecified atom stereocenters. The number of carboxylic acid groups (broad SMARTS) is 1. The summed E-state index contributed by atoms with van der Waals surface area (Å²) in [4.78, 5) is 42.0. The summed E-state index contributed by atoms with van der Waals surface area (Å²) in [6, 6.07) is 7.10. The summed E-state index contributed by atoms with van der Waals surface area (Å²) in [5.41, 5.74) is -3.82. The molecule has 1 aliphatic heterocycles. The summed E-state index contributed by atoms with van der Waals surface area (Å²) >= 11 is 0. The third kappa shape index (κ3) is 8.20. The Labute approximate surface area is 298 Å². The number of carbonyl (C=O) groups excluding carboxylic acids is 1. The first-order valence-electron chi connectivity index (χ1n) is 16.9. The molecule has 53 heavy (non-hydrogen) atoms. The molecule has 290 valence electrons. The van der Waals surface area contributed by atoms with Crippen LogP contribution in [0.2, 0.25) is 0 Å². The maximum absolute atomic E-state index is 15.0. The van der Waals surface area contributed by atoms with Gasteiger partial charge in [-0.1, -0.05) is 24.3 Å². The second-order valence-electron chi connectivity index (χ2n) is 14.2. The van der Waals surface area contributed by atoms with E-state index in [1.807, 2.05) is 24.3 Å². The molecule has 2 aromatic carbocycles. The number of rotatable bonds is 10. The van der Waals surface area contributed by atoms with Gasteiger partial charge in [0.1, 0.15) is 11.5 Å². The second-order valence-corrected chi connectivity index (χ2v) is 14.2. The molecular weight excluding hydrogens is 723 g/mol. The number of piperidine rings is 1. The van der Waals surface area contributed by atoms with Gasteiger partial charge in [0.15, 0.2) is 0 Å². The fourth-order valence-electron chi connectivity index (χ4n) is 7.68. The number of alkyl halides is 9. The molecule has 1 aromatic heterocycles. The van der Waals surface area contributed by atoms with Crippen LogP contribution >= 0.6 is 0 Å². The third-order valence-corrected chi connectivity index (χ3v) is 10.5. The SMILES string of the molecule is CN(C)CCc1ccc2c(c1)c(C(F)(F)F)c([C@@H]1CCc3c(C[C@H](NC(=O)C4(C(F)(F)F)CCN(CC(F)(F)F)CC4)C(=O)O)cccc31)c(=O)n2C. The van der Waals surface area contributed by atoms with E-state index in [2.05, 4.69) is 0 Å². The quantitative estimate of drug-likeness (QED) is 0.244. The van der Waals surface area contributed by atoms with E-state index in [1.165, 1.54) is 37.4 Å². The van der Waals surface area contributed by atoms with Crippen LogP contribution < -0.4 is 10.9 Å². The Morgan fingerprint density at radius 3 is 2.25 bits per heavy atom. The molecule has 1 saturated heterocycles. The van der Waals surface area contributed by atoms with E-state index in [1.54, 1.807) is 6.07 Å². The van der Waals surface area contributed by atoms with Crippen molar-refractivity contribution >= 4 is 22.8 Å². The average molecular weight is 763 g/mol. The molecule has 3 aromatic rings. The number of hydrogen-bond donors (Lipinski definition) is 2. The number of aryl methyl sites for hydroxylation is 1. The van der Waals surface area contributed by atoms with Gasteiger partial charge >= 0.3 is 24.5 Å². The number of fused-ring (bicyclic) bond motifs is 2. The van der Waals surface area contributed by atoms with Gasteiger partial charge in [0.05, 0.1) is 17.6 Å². The molecule has 0 radical (unpaired) electrons. The van der Waals surface area contributed by atoms with Crippen molar-refractivity contribution in [3.8, 4) is 0 Å². The molecule has 0 spiro atoms. The van der Waals surface area contributed by atoms with Crippen molar-refractivity contribution in [1.29, 1.82) is 0 Å². The van der Waals surface area contributed by atoms with E-state index < -0.39 is 103 Å².